The lowest BCUT2D eigenvalue weighted by molar-refractivity contribution is -0.163. The molecule has 0 aromatic heterocycles. The van der Waals surface area contributed by atoms with Gasteiger partial charge in [0.05, 0.1) is 23.1 Å². The maximum atomic E-state index is 13.4. The van der Waals surface area contributed by atoms with E-state index >= 15 is 0 Å². The molecule has 0 unspecified atom stereocenters. The van der Waals surface area contributed by atoms with E-state index in [1.807, 2.05) is 73.7 Å². The Hall–Kier alpha value is -2.57. The van der Waals surface area contributed by atoms with E-state index in [4.69, 9.17) is 4.74 Å². The maximum absolute atomic E-state index is 13.4. The van der Waals surface area contributed by atoms with Gasteiger partial charge in [0.25, 0.3) is 0 Å². The van der Waals surface area contributed by atoms with Crippen molar-refractivity contribution in [2.45, 2.75) is 35.6 Å². The van der Waals surface area contributed by atoms with Crippen LogP contribution in [0.15, 0.2) is 72.8 Å². The molecule has 2 fully saturated rings. The minimum Gasteiger partial charge on any atom is -0.451 e. The van der Waals surface area contributed by atoms with Crippen molar-refractivity contribution >= 4 is 23.6 Å². The van der Waals surface area contributed by atoms with E-state index in [1.54, 1.807) is 22.7 Å². The van der Waals surface area contributed by atoms with Gasteiger partial charge in [-0.15, -0.1) is 11.8 Å². The summed E-state index contributed by atoms with van der Waals surface area (Å²) >= 11 is 1.57. The van der Waals surface area contributed by atoms with Crippen molar-refractivity contribution in [3.8, 4) is 0 Å². The van der Waals surface area contributed by atoms with Crippen LogP contribution in [0, 0.1) is 0 Å². The highest BCUT2D eigenvalue weighted by Gasteiger charge is 2.60. The van der Waals surface area contributed by atoms with E-state index in [0.717, 1.165) is 11.1 Å². The Labute approximate surface area is 174 Å². The quantitative estimate of drug-likeness (QED) is 0.451. The van der Waals surface area contributed by atoms with Crippen LogP contribution in [0.4, 0.5) is 0 Å². The zero-order chi connectivity index (χ0) is 20.4. The number of β-lactam (4-membered cyclic amide) rings is 1. The van der Waals surface area contributed by atoms with Crippen molar-refractivity contribution in [2.24, 2.45) is 0 Å². The molecule has 5 nitrogen and oxygen atoms in total. The third-order valence-electron chi connectivity index (χ3n) is 5.37. The van der Waals surface area contributed by atoms with E-state index in [1.165, 1.54) is 0 Å². The number of ether oxygens (including phenoxy) is 1. The smallest absolute Gasteiger partial charge is 0.331 e. The lowest BCUT2D eigenvalue weighted by Gasteiger charge is -2.38. The van der Waals surface area contributed by atoms with Crippen molar-refractivity contribution < 1.29 is 19.4 Å². The van der Waals surface area contributed by atoms with Crippen molar-refractivity contribution in [3.05, 3.63) is 83.9 Å². The minimum absolute atomic E-state index is 0.0275. The molecule has 2 aromatic carbocycles. The Morgan fingerprint density at radius 1 is 1.21 bits per heavy atom. The number of carbonyl (C=O) groups is 2. The van der Waals surface area contributed by atoms with Gasteiger partial charge in [-0.2, -0.15) is 0 Å². The van der Waals surface area contributed by atoms with Gasteiger partial charge < -0.3 is 14.7 Å². The predicted octanol–water partition coefficient (Wildman–Crippen LogP) is 3.30. The highest BCUT2D eigenvalue weighted by atomic mass is 32.2. The molecule has 2 aliphatic heterocycles. The monoisotopic (exact) mass is 409 g/mol. The number of amides is 1. The van der Waals surface area contributed by atoms with Crippen molar-refractivity contribution in [1.29, 1.82) is 0 Å². The van der Waals surface area contributed by atoms with Gasteiger partial charge >= 0.3 is 5.97 Å². The van der Waals surface area contributed by atoms with E-state index in [2.05, 4.69) is 0 Å². The molecule has 2 aromatic rings. The first-order chi connectivity index (χ1) is 14.0. The normalized spacial score (nSPS) is 25.9. The van der Waals surface area contributed by atoms with Crippen LogP contribution in [0.1, 0.15) is 30.6 Å². The third kappa shape index (κ3) is 3.70. The molecular weight excluding hydrogens is 386 g/mol. The molecule has 0 saturated carbocycles. The van der Waals surface area contributed by atoms with Crippen LogP contribution >= 0.6 is 11.8 Å². The molecule has 0 bridgehead atoms. The van der Waals surface area contributed by atoms with Crippen LogP contribution in [0.25, 0.3) is 0 Å². The Morgan fingerprint density at radius 2 is 1.79 bits per heavy atom. The number of hydrogen-bond donors (Lipinski definition) is 1. The van der Waals surface area contributed by atoms with E-state index in [9.17, 15) is 14.7 Å². The Bertz CT molecular complexity index is 877. The molecule has 150 valence electrons. The van der Waals surface area contributed by atoms with Crippen LogP contribution in [0.5, 0.6) is 0 Å². The fourth-order valence-corrected chi connectivity index (χ4v) is 5.65. The summed E-state index contributed by atoms with van der Waals surface area (Å²) in [6.45, 7) is 1.80. The molecule has 3 atom stereocenters. The average Bonchev–Trinajstić information content (AvgIpc) is 2.99. The van der Waals surface area contributed by atoms with E-state index in [-0.39, 0.29) is 17.9 Å². The first-order valence-corrected chi connectivity index (χ1v) is 10.5. The van der Waals surface area contributed by atoms with Crippen molar-refractivity contribution in [3.63, 3.8) is 0 Å². The van der Waals surface area contributed by atoms with Gasteiger partial charge in [0.2, 0.25) is 5.91 Å². The standard InChI is InChI=1S/C23H23NO4S/c1-23(13-8-14-25)21(24-18(26)15-19(24)29-23)22(27)28-20(16-9-4-2-5-10-16)17-11-6-3-7-12-17/h2-13,19-21,25H,14-15H2,1H3/b13-8+/t19-,21+,23-/m1/s1. The van der Waals surface area contributed by atoms with Crippen LogP contribution in [0.2, 0.25) is 0 Å². The second-order valence-electron chi connectivity index (χ2n) is 7.39. The highest BCUT2D eigenvalue weighted by Crippen LogP contribution is 2.52. The van der Waals surface area contributed by atoms with Crippen LogP contribution < -0.4 is 0 Å². The highest BCUT2D eigenvalue weighted by molar-refractivity contribution is 8.01. The number of carbonyl (C=O) groups excluding carboxylic acids is 2. The molecule has 1 amide bonds. The number of thioether (sulfide) groups is 1. The van der Waals surface area contributed by atoms with Crippen molar-refractivity contribution in [1.82, 2.24) is 4.90 Å². The maximum Gasteiger partial charge on any atom is 0.331 e. The molecule has 2 saturated heterocycles. The van der Waals surface area contributed by atoms with Gasteiger partial charge in [-0.1, -0.05) is 72.8 Å². The second kappa shape index (κ2) is 8.05. The molecule has 2 aliphatic rings. The molecule has 0 radical (unpaired) electrons. The molecule has 0 spiro atoms. The summed E-state index contributed by atoms with van der Waals surface area (Å²) in [5.41, 5.74) is 1.74. The van der Waals surface area contributed by atoms with Crippen molar-refractivity contribution in [2.75, 3.05) is 6.61 Å². The number of aliphatic hydroxyl groups excluding tert-OH is 1. The SMILES string of the molecule is C[C@]1(/C=C/CO)S[C@@H]2CC(=O)N2[C@H]1C(=O)OC(c1ccccc1)c1ccccc1. The Kier molecular flexibility index (Phi) is 5.48. The van der Waals surface area contributed by atoms with Gasteiger partial charge in [0.1, 0.15) is 6.04 Å². The van der Waals surface area contributed by atoms with Crippen LogP contribution in [-0.2, 0) is 14.3 Å². The summed E-state index contributed by atoms with van der Waals surface area (Å²) in [7, 11) is 0. The lowest BCUT2D eigenvalue weighted by atomic mass is 9.95. The molecule has 2 heterocycles. The summed E-state index contributed by atoms with van der Waals surface area (Å²) in [5, 5.41) is 9.19. The molecule has 0 aliphatic carbocycles. The Morgan fingerprint density at radius 3 is 2.31 bits per heavy atom. The number of nitrogens with zero attached hydrogens (tertiary/aromatic N) is 1. The molecule has 4 rings (SSSR count). The van der Waals surface area contributed by atoms with E-state index < -0.39 is 22.9 Å². The van der Waals surface area contributed by atoms with Gasteiger partial charge in [0.15, 0.2) is 6.10 Å². The van der Waals surface area contributed by atoms with Gasteiger partial charge in [-0.25, -0.2) is 4.79 Å². The molecule has 6 heteroatoms. The fraction of sp³-hybridized carbons (Fsp3) is 0.304. The summed E-state index contributed by atoms with van der Waals surface area (Å²) in [4.78, 5) is 27.3. The number of hydrogen-bond acceptors (Lipinski definition) is 5. The summed E-state index contributed by atoms with van der Waals surface area (Å²) < 4.78 is 5.40. The number of benzene rings is 2. The summed E-state index contributed by atoms with van der Waals surface area (Å²) in [6.07, 6.45) is 3.30. The molecular formula is C23H23NO4S. The first-order valence-electron chi connectivity index (χ1n) is 9.61. The number of aliphatic hydroxyl groups is 1. The third-order valence-corrected chi connectivity index (χ3v) is 6.91. The minimum atomic E-state index is -0.725. The Balaban J connectivity index is 1.66. The molecule has 1 N–H and O–H groups in total. The van der Waals surface area contributed by atoms with Gasteiger partial charge in [-0.3, -0.25) is 4.79 Å². The number of fused-ring (bicyclic) bond motifs is 1. The largest absolute Gasteiger partial charge is 0.451 e. The number of esters is 1. The van der Waals surface area contributed by atoms with Crippen LogP contribution in [-0.4, -0.2) is 44.7 Å². The fourth-order valence-electron chi connectivity index (χ4n) is 3.97. The predicted molar refractivity (Wildman–Crippen MR) is 112 cm³/mol. The zero-order valence-electron chi connectivity index (χ0n) is 16.1. The van der Waals surface area contributed by atoms with Gasteiger partial charge in [-0.05, 0) is 18.1 Å². The topological polar surface area (TPSA) is 66.8 Å². The molecule has 29 heavy (non-hydrogen) atoms. The van der Waals surface area contributed by atoms with E-state index in [0.29, 0.717) is 6.42 Å². The van der Waals surface area contributed by atoms with Crippen LogP contribution in [0.3, 0.4) is 0 Å². The summed E-state index contributed by atoms with van der Waals surface area (Å²) in [6, 6.07) is 18.5. The first kappa shape index (κ1) is 19.7. The summed E-state index contributed by atoms with van der Waals surface area (Å²) in [5.74, 6) is -0.475. The zero-order valence-corrected chi connectivity index (χ0v) is 16.9. The average molecular weight is 410 g/mol. The second-order valence-corrected chi connectivity index (χ2v) is 9.05. The lowest BCUT2D eigenvalue weighted by Crippen LogP contribution is -2.57. The van der Waals surface area contributed by atoms with Gasteiger partial charge in [0, 0.05) is 0 Å². The number of rotatable bonds is 6.